The Bertz CT molecular complexity index is 1200. The Morgan fingerprint density at radius 3 is 2.90 bits per heavy atom. The summed E-state index contributed by atoms with van der Waals surface area (Å²) in [7, 11) is 0. The summed E-state index contributed by atoms with van der Waals surface area (Å²) in [6, 6.07) is 11.9. The molecule has 0 atom stereocenters. The summed E-state index contributed by atoms with van der Waals surface area (Å²) < 4.78 is 1.88. The summed E-state index contributed by atoms with van der Waals surface area (Å²) in [6.07, 6.45) is 7.23. The van der Waals surface area contributed by atoms with Crippen molar-refractivity contribution >= 4 is 10.9 Å². The Kier molecular flexibility index (Phi) is 4.11. The quantitative estimate of drug-likeness (QED) is 0.546. The number of nitrogens with one attached hydrogen (secondary N) is 1. The summed E-state index contributed by atoms with van der Waals surface area (Å²) in [5.41, 5.74) is 3.50. The van der Waals surface area contributed by atoms with E-state index in [1.54, 1.807) is 12.4 Å². The molecule has 8 nitrogen and oxygen atoms in total. The molecule has 0 radical (unpaired) electrons. The molecule has 0 amide bonds. The molecule has 1 fully saturated rings. The lowest BCUT2D eigenvalue weighted by Crippen LogP contribution is -2.47. The standard InChI is InChI=1S/C21H19N7O/c22-6-5-21(11-14(12-21)13-29)28-9-4-17(27-28)20-15-2-1-7-23-18(15)10-19(25-20)16-3-8-24-26-16/h1-4,7-10,14,29H,5,11-13H2,(H,24,26)/t14-,21-. The number of hydrogen-bond acceptors (Lipinski definition) is 6. The van der Waals surface area contributed by atoms with Crippen molar-refractivity contribution in [1.29, 1.82) is 5.26 Å². The second-order valence-corrected chi connectivity index (χ2v) is 7.56. The molecular weight excluding hydrogens is 366 g/mol. The first kappa shape index (κ1) is 17.5. The van der Waals surface area contributed by atoms with Gasteiger partial charge in [-0.25, -0.2) is 4.98 Å². The van der Waals surface area contributed by atoms with Crippen LogP contribution in [0.5, 0.6) is 0 Å². The van der Waals surface area contributed by atoms with Crippen LogP contribution < -0.4 is 0 Å². The van der Waals surface area contributed by atoms with Gasteiger partial charge in [0.15, 0.2) is 0 Å². The van der Waals surface area contributed by atoms with Crippen LogP contribution in [0, 0.1) is 17.2 Å². The van der Waals surface area contributed by atoms with Gasteiger partial charge in [-0.05, 0) is 49.1 Å². The Morgan fingerprint density at radius 1 is 1.24 bits per heavy atom. The third-order valence-electron chi connectivity index (χ3n) is 5.70. The fraction of sp³-hybridized carbons (Fsp3) is 0.286. The third-order valence-corrected chi connectivity index (χ3v) is 5.70. The molecule has 0 unspecified atom stereocenters. The highest BCUT2D eigenvalue weighted by atomic mass is 16.3. The number of nitriles is 1. The molecule has 29 heavy (non-hydrogen) atoms. The number of nitrogens with zero attached hydrogens (tertiary/aromatic N) is 6. The maximum Gasteiger partial charge on any atom is 0.111 e. The molecule has 1 saturated carbocycles. The monoisotopic (exact) mass is 385 g/mol. The molecular formula is C21H19N7O. The first-order valence-electron chi connectivity index (χ1n) is 9.52. The van der Waals surface area contributed by atoms with Crippen molar-refractivity contribution in [1.82, 2.24) is 29.9 Å². The largest absolute Gasteiger partial charge is 0.396 e. The van der Waals surface area contributed by atoms with Crippen molar-refractivity contribution in [2.24, 2.45) is 5.92 Å². The van der Waals surface area contributed by atoms with Crippen LogP contribution in [0.3, 0.4) is 0 Å². The Hall–Kier alpha value is -3.57. The van der Waals surface area contributed by atoms with E-state index in [1.807, 2.05) is 41.2 Å². The maximum absolute atomic E-state index is 9.42. The molecule has 0 bridgehead atoms. The van der Waals surface area contributed by atoms with Crippen molar-refractivity contribution in [2.75, 3.05) is 6.61 Å². The van der Waals surface area contributed by atoms with Gasteiger partial charge in [-0.3, -0.25) is 14.8 Å². The molecule has 4 heterocycles. The number of aliphatic hydroxyl groups excluding tert-OH is 1. The van der Waals surface area contributed by atoms with E-state index in [0.29, 0.717) is 6.42 Å². The van der Waals surface area contributed by atoms with Crippen LogP contribution in [0.2, 0.25) is 0 Å². The van der Waals surface area contributed by atoms with Gasteiger partial charge in [0.25, 0.3) is 0 Å². The molecule has 1 aliphatic carbocycles. The van der Waals surface area contributed by atoms with Crippen LogP contribution in [0.25, 0.3) is 33.7 Å². The van der Waals surface area contributed by atoms with Crippen LogP contribution in [-0.2, 0) is 5.54 Å². The van der Waals surface area contributed by atoms with Crippen molar-refractivity contribution in [3.8, 4) is 28.8 Å². The summed E-state index contributed by atoms with van der Waals surface area (Å²) in [5.74, 6) is 0.225. The first-order chi connectivity index (χ1) is 14.2. The zero-order chi connectivity index (χ0) is 19.8. The number of hydrogen-bond donors (Lipinski definition) is 2. The molecule has 0 spiro atoms. The van der Waals surface area contributed by atoms with Gasteiger partial charge in [0, 0.05) is 30.6 Å². The van der Waals surface area contributed by atoms with Gasteiger partial charge in [-0.15, -0.1) is 0 Å². The van der Waals surface area contributed by atoms with E-state index < -0.39 is 0 Å². The minimum atomic E-state index is -0.352. The fourth-order valence-electron chi connectivity index (χ4n) is 4.22. The Balaban J connectivity index is 1.61. The molecule has 5 rings (SSSR count). The van der Waals surface area contributed by atoms with Crippen LogP contribution in [-0.4, -0.2) is 41.7 Å². The van der Waals surface area contributed by atoms with E-state index in [4.69, 9.17) is 10.1 Å². The van der Waals surface area contributed by atoms with Gasteiger partial charge in [-0.2, -0.15) is 15.5 Å². The molecule has 0 saturated heterocycles. The van der Waals surface area contributed by atoms with Gasteiger partial charge < -0.3 is 5.11 Å². The number of aliphatic hydroxyl groups is 1. The van der Waals surface area contributed by atoms with E-state index in [1.165, 1.54) is 0 Å². The second kappa shape index (κ2) is 6.79. The fourth-order valence-corrected chi connectivity index (χ4v) is 4.22. The topological polar surface area (TPSA) is 116 Å². The lowest BCUT2D eigenvalue weighted by molar-refractivity contribution is 0.0204. The minimum Gasteiger partial charge on any atom is -0.396 e. The number of fused-ring (bicyclic) bond motifs is 1. The lowest BCUT2D eigenvalue weighted by atomic mass is 9.67. The van der Waals surface area contributed by atoms with Crippen molar-refractivity contribution in [3.05, 3.63) is 48.9 Å². The van der Waals surface area contributed by atoms with Gasteiger partial charge >= 0.3 is 0 Å². The maximum atomic E-state index is 9.42. The lowest BCUT2D eigenvalue weighted by Gasteiger charge is -2.46. The van der Waals surface area contributed by atoms with Crippen molar-refractivity contribution < 1.29 is 5.11 Å². The average molecular weight is 385 g/mol. The van der Waals surface area contributed by atoms with E-state index in [0.717, 1.165) is 46.5 Å². The predicted molar refractivity (Wildman–Crippen MR) is 106 cm³/mol. The van der Waals surface area contributed by atoms with E-state index in [-0.39, 0.29) is 18.1 Å². The van der Waals surface area contributed by atoms with Gasteiger partial charge in [0.1, 0.15) is 11.4 Å². The zero-order valence-corrected chi connectivity index (χ0v) is 15.7. The summed E-state index contributed by atoms with van der Waals surface area (Å²) >= 11 is 0. The van der Waals surface area contributed by atoms with Crippen LogP contribution >= 0.6 is 0 Å². The normalized spacial score (nSPS) is 21.0. The zero-order valence-electron chi connectivity index (χ0n) is 15.7. The molecule has 0 aromatic carbocycles. The predicted octanol–water partition coefficient (Wildman–Crippen LogP) is 2.89. The van der Waals surface area contributed by atoms with Crippen molar-refractivity contribution in [3.63, 3.8) is 0 Å². The smallest absolute Gasteiger partial charge is 0.111 e. The van der Waals surface area contributed by atoms with E-state index in [2.05, 4.69) is 21.3 Å². The highest BCUT2D eigenvalue weighted by Crippen LogP contribution is 2.46. The number of H-pyrrole nitrogens is 1. The van der Waals surface area contributed by atoms with Crippen LogP contribution in [0.4, 0.5) is 0 Å². The number of pyridine rings is 2. The minimum absolute atomic E-state index is 0.144. The first-order valence-corrected chi connectivity index (χ1v) is 9.52. The Labute approximate surface area is 166 Å². The molecule has 1 aliphatic rings. The second-order valence-electron chi connectivity index (χ2n) is 7.56. The van der Waals surface area contributed by atoms with Crippen LogP contribution in [0.15, 0.2) is 48.9 Å². The SMILES string of the molecule is N#CC[C@]1(n2ccc(-c3nc(-c4ccn[nH]4)cc4ncccc34)n2)C[C@H](CO)C1. The highest BCUT2D eigenvalue weighted by Gasteiger charge is 2.46. The number of aromatic amines is 1. The number of rotatable bonds is 5. The molecule has 144 valence electrons. The summed E-state index contributed by atoms with van der Waals surface area (Å²) in [5, 5.41) is 31.4. The molecule has 0 aliphatic heterocycles. The van der Waals surface area contributed by atoms with Crippen molar-refractivity contribution in [2.45, 2.75) is 24.8 Å². The number of aromatic nitrogens is 6. The summed E-state index contributed by atoms with van der Waals surface area (Å²) in [6.45, 7) is 0.144. The molecule has 2 N–H and O–H groups in total. The molecule has 8 heteroatoms. The highest BCUT2D eigenvalue weighted by molar-refractivity contribution is 5.93. The average Bonchev–Trinajstić information content (AvgIpc) is 3.42. The van der Waals surface area contributed by atoms with Gasteiger partial charge in [0.2, 0.25) is 0 Å². The van der Waals surface area contributed by atoms with Gasteiger partial charge in [0.05, 0.1) is 34.9 Å². The van der Waals surface area contributed by atoms with Gasteiger partial charge in [-0.1, -0.05) is 0 Å². The third kappa shape index (κ3) is 2.87. The molecule has 4 aromatic heterocycles. The van der Waals surface area contributed by atoms with Crippen LogP contribution in [0.1, 0.15) is 19.3 Å². The summed E-state index contributed by atoms with van der Waals surface area (Å²) in [4.78, 5) is 9.33. The Morgan fingerprint density at radius 2 is 2.14 bits per heavy atom. The van der Waals surface area contributed by atoms with E-state index in [9.17, 15) is 10.4 Å². The van der Waals surface area contributed by atoms with E-state index >= 15 is 0 Å². The molecule has 4 aromatic rings.